The fourth-order valence-corrected chi connectivity index (χ4v) is 4.32. The largest absolute Gasteiger partial charge is 0.324 e. The summed E-state index contributed by atoms with van der Waals surface area (Å²) in [6.07, 6.45) is 0. The Balaban J connectivity index is 1.86. The summed E-state index contributed by atoms with van der Waals surface area (Å²) in [5, 5.41) is 5.43. The van der Waals surface area contributed by atoms with E-state index in [-0.39, 0.29) is 24.4 Å². The van der Waals surface area contributed by atoms with Crippen LogP contribution < -0.4 is 5.32 Å². The van der Waals surface area contributed by atoms with Gasteiger partial charge in [0, 0.05) is 26.7 Å². The molecule has 0 saturated heterocycles. The van der Waals surface area contributed by atoms with Gasteiger partial charge in [-0.3, -0.25) is 9.59 Å². The van der Waals surface area contributed by atoms with Gasteiger partial charge in [0.2, 0.25) is 5.91 Å². The summed E-state index contributed by atoms with van der Waals surface area (Å²) >= 11 is 7.79. The molecule has 136 valence electrons. The molecular weight excluding hydrogens is 380 g/mol. The maximum absolute atomic E-state index is 13.3. The van der Waals surface area contributed by atoms with E-state index in [4.69, 9.17) is 11.6 Å². The molecule has 0 bridgehead atoms. The van der Waals surface area contributed by atoms with Gasteiger partial charge < -0.3 is 10.2 Å². The average molecular weight is 397 g/mol. The number of carbonyl (C=O) groups is 2. The van der Waals surface area contributed by atoms with Crippen LogP contribution in [-0.2, 0) is 4.79 Å². The van der Waals surface area contributed by atoms with Crippen LogP contribution in [0, 0.1) is 6.92 Å². The summed E-state index contributed by atoms with van der Waals surface area (Å²) in [6.45, 7) is 1.95. The number of halogens is 1. The lowest BCUT2D eigenvalue weighted by atomic mass is 10.0. The molecule has 2 heterocycles. The maximum atomic E-state index is 13.3. The lowest BCUT2D eigenvalue weighted by Crippen LogP contribution is -2.38. The van der Waals surface area contributed by atoms with Gasteiger partial charge in [0.1, 0.15) is 6.54 Å². The second-order valence-electron chi connectivity index (χ2n) is 6.50. The molecule has 0 fully saturated rings. The van der Waals surface area contributed by atoms with Crippen LogP contribution in [0.2, 0.25) is 5.02 Å². The van der Waals surface area contributed by atoms with Crippen molar-refractivity contribution in [3.63, 3.8) is 0 Å². The van der Waals surface area contributed by atoms with E-state index in [0.717, 1.165) is 16.0 Å². The molecule has 0 saturated carbocycles. The lowest BCUT2D eigenvalue weighted by Gasteiger charge is -2.29. The van der Waals surface area contributed by atoms with Crippen molar-refractivity contribution in [3.05, 3.63) is 86.6 Å². The van der Waals surface area contributed by atoms with Crippen molar-refractivity contribution in [2.45, 2.75) is 13.0 Å². The second-order valence-corrected chi connectivity index (χ2v) is 7.91. The summed E-state index contributed by atoms with van der Waals surface area (Å²) in [4.78, 5) is 28.4. The number of nitrogens with zero attached hydrogens (tertiary/aromatic N) is 1. The third-order valence-electron chi connectivity index (χ3n) is 4.58. The molecule has 0 spiro atoms. The first-order chi connectivity index (χ1) is 13.0. The molecule has 2 aromatic carbocycles. The second kappa shape index (κ2) is 7.18. The Hall–Kier alpha value is -2.63. The van der Waals surface area contributed by atoms with Gasteiger partial charge in [-0.05, 0) is 48.7 Å². The third kappa shape index (κ3) is 3.48. The molecule has 3 aromatic rings. The summed E-state index contributed by atoms with van der Waals surface area (Å²) in [7, 11) is 0. The molecule has 1 aliphatic rings. The van der Waals surface area contributed by atoms with Gasteiger partial charge in [0.05, 0.1) is 6.04 Å². The normalized spacial score (nSPS) is 16.4. The summed E-state index contributed by atoms with van der Waals surface area (Å²) < 4.78 is 0. The molecule has 1 aromatic heterocycles. The average Bonchev–Trinajstić information content (AvgIpc) is 3.13. The monoisotopic (exact) mass is 396 g/mol. The summed E-state index contributed by atoms with van der Waals surface area (Å²) in [6, 6.07) is 16.3. The highest BCUT2D eigenvalue weighted by Crippen LogP contribution is 2.39. The van der Waals surface area contributed by atoms with E-state index in [1.807, 2.05) is 42.6 Å². The van der Waals surface area contributed by atoms with Crippen LogP contribution in [0.1, 0.15) is 32.4 Å². The predicted molar refractivity (Wildman–Crippen MR) is 108 cm³/mol. The highest BCUT2D eigenvalue weighted by Gasteiger charge is 2.34. The molecule has 6 heteroatoms. The van der Waals surface area contributed by atoms with Gasteiger partial charge >= 0.3 is 0 Å². The smallest absolute Gasteiger partial charge is 0.255 e. The fraction of sp³-hybridized carbons (Fsp3) is 0.143. The Labute approximate surface area is 166 Å². The van der Waals surface area contributed by atoms with Crippen LogP contribution in [0.5, 0.6) is 0 Å². The molecule has 0 aliphatic carbocycles. The SMILES string of the molecule is Cc1ccc(C(=O)N2CC(=O)Nc3ccc(Cl)cc3C2c2cccs2)cc1. The van der Waals surface area contributed by atoms with Gasteiger partial charge in [0.15, 0.2) is 0 Å². The van der Waals surface area contributed by atoms with E-state index < -0.39 is 0 Å². The van der Waals surface area contributed by atoms with Crippen molar-refractivity contribution in [1.29, 1.82) is 0 Å². The zero-order valence-corrected chi connectivity index (χ0v) is 16.2. The fourth-order valence-electron chi connectivity index (χ4n) is 3.28. The topological polar surface area (TPSA) is 49.4 Å². The maximum Gasteiger partial charge on any atom is 0.255 e. The number of benzene rings is 2. The predicted octanol–water partition coefficient (Wildman–Crippen LogP) is 4.89. The number of anilines is 1. The molecule has 4 rings (SSSR count). The quantitative estimate of drug-likeness (QED) is 0.670. The number of amides is 2. The van der Waals surface area contributed by atoms with Crippen molar-refractivity contribution in [3.8, 4) is 0 Å². The Bertz CT molecular complexity index is 1000. The minimum absolute atomic E-state index is 0.0262. The Morgan fingerprint density at radius 1 is 1.19 bits per heavy atom. The summed E-state index contributed by atoms with van der Waals surface area (Å²) in [5.41, 5.74) is 3.13. The number of carbonyl (C=O) groups excluding carboxylic acids is 2. The Kier molecular flexibility index (Phi) is 4.72. The van der Waals surface area contributed by atoms with Gasteiger partial charge in [-0.25, -0.2) is 0 Å². The Morgan fingerprint density at radius 3 is 2.67 bits per heavy atom. The summed E-state index contributed by atoms with van der Waals surface area (Å²) in [5.74, 6) is -0.408. The van der Waals surface area contributed by atoms with Crippen LogP contribution in [0.15, 0.2) is 60.0 Å². The highest BCUT2D eigenvalue weighted by atomic mass is 35.5. The third-order valence-corrected chi connectivity index (χ3v) is 5.74. The number of hydrogen-bond acceptors (Lipinski definition) is 3. The van der Waals surface area contributed by atoms with E-state index in [1.54, 1.807) is 40.5 Å². The van der Waals surface area contributed by atoms with E-state index in [9.17, 15) is 9.59 Å². The molecular formula is C21H17ClN2O2S. The van der Waals surface area contributed by atoms with Crippen LogP contribution in [-0.4, -0.2) is 23.3 Å². The standard InChI is InChI=1S/C21H17ClN2O2S/c1-13-4-6-14(7-5-13)21(26)24-12-19(25)23-17-9-8-15(22)11-16(17)20(24)18-3-2-10-27-18/h2-11,20H,12H2,1H3,(H,23,25). The van der Waals surface area contributed by atoms with Gasteiger partial charge in [-0.2, -0.15) is 0 Å². The molecule has 1 atom stereocenters. The van der Waals surface area contributed by atoms with Crippen molar-refractivity contribution in [2.24, 2.45) is 0 Å². The van der Waals surface area contributed by atoms with Crippen LogP contribution in [0.25, 0.3) is 0 Å². The lowest BCUT2D eigenvalue weighted by molar-refractivity contribution is -0.117. The first-order valence-corrected chi connectivity index (χ1v) is 9.79. The van der Waals surface area contributed by atoms with E-state index >= 15 is 0 Å². The van der Waals surface area contributed by atoms with E-state index in [1.165, 1.54) is 0 Å². The number of rotatable bonds is 2. The van der Waals surface area contributed by atoms with Crippen molar-refractivity contribution in [2.75, 3.05) is 11.9 Å². The minimum Gasteiger partial charge on any atom is -0.324 e. The first kappa shape index (κ1) is 17.8. The number of aryl methyl sites for hydroxylation is 1. The van der Waals surface area contributed by atoms with Crippen molar-refractivity contribution >= 4 is 40.4 Å². The number of thiophene rings is 1. The highest BCUT2D eigenvalue weighted by molar-refractivity contribution is 7.10. The minimum atomic E-state index is -0.383. The molecule has 27 heavy (non-hydrogen) atoms. The number of hydrogen-bond donors (Lipinski definition) is 1. The first-order valence-electron chi connectivity index (χ1n) is 8.53. The molecule has 1 aliphatic heterocycles. The number of nitrogens with one attached hydrogen (secondary N) is 1. The zero-order chi connectivity index (χ0) is 19.0. The molecule has 2 amide bonds. The number of fused-ring (bicyclic) bond motifs is 1. The zero-order valence-electron chi connectivity index (χ0n) is 14.6. The van der Waals surface area contributed by atoms with Crippen molar-refractivity contribution in [1.82, 2.24) is 4.90 Å². The van der Waals surface area contributed by atoms with E-state index in [2.05, 4.69) is 5.32 Å². The van der Waals surface area contributed by atoms with Crippen LogP contribution in [0.3, 0.4) is 0 Å². The van der Waals surface area contributed by atoms with Gasteiger partial charge in [-0.1, -0.05) is 35.4 Å². The van der Waals surface area contributed by atoms with Crippen LogP contribution in [0.4, 0.5) is 5.69 Å². The molecule has 4 nitrogen and oxygen atoms in total. The van der Waals surface area contributed by atoms with Gasteiger partial charge in [-0.15, -0.1) is 11.3 Å². The molecule has 1 N–H and O–H groups in total. The molecule has 0 radical (unpaired) electrons. The van der Waals surface area contributed by atoms with E-state index in [0.29, 0.717) is 16.3 Å². The molecule has 1 unspecified atom stereocenters. The Morgan fingerprint density at radius 2 is 1.96 bits per heavy atom. The van der Waals surface area contributed by atoms with Crippen LogP contribution >= 0.6 is 22.9 Å². The van der Waals surface area contributed by atoms with Crippen molar-refractivity contribution < 1.29 is 9.59 Å². The van der Waals surface area contributed by atoms with Gasteiger partial charge in [0.25, 0.3) is 5.91 Å².